The maximum Gasteiger partial charge on any atom is 0.342 e. The number of hydrogen-bond acceptors (Lipinski definition) is 6. The lowest BCUT2D eigenvalue weighted by Crippen LogP contribution is -2.23. The summed E-state index contributed by atoms with van der Waals surface area (Å²) in [7, 11) is 3.06. The maximum absolute atomic E-state index is 10.9. The highest BCUT2D eigenvalue weighted by molar-refractivity contribution is 9.12. The van der Waals surface area contributed by atoms with Crippen LogP contribution in [0.1, 0.15) is 27.2 Å². The average molecular weight is 405 g/mol. The van der Waals surface area contributed by atoms with Gasteiger partial charge < -0.3 is 14.6 Å². The van der Waals surface area contributed by atoms with Crippen molar-refractivity contribution in [3.63, 3.8) is 0 Å². The molecule has 0 aromatic carbocycles. The fraction of sp³-hybridized carbons (Fsp3) is 0.533. The van der Waals surface area contributed by atoms with Gasteiger partial charge in [-0.3, -0.25) is 0 Å². The fourth-order valence-corrected chi connectivity index (χ4v) is 2.92. The van der Waals surface area contributed by atoms with Crippen LogP contribution in [0, 0.1) is 5.41 Å². The van der Waals surface area contributed by atoms with E-state index >= 15 is 0 Å². The number of aromatic nitrogens is 2. The number of carboxylic acid groups (broad SMARTS) is 1. The molecule has 0 spiro atoms. The van der Waals surface area contributed by atoms with Gasteiger partial charge in [0.15, 0.2) is 5.16 Å². The zero-order chi connectivity index (χ0) is 17.6. The van der Waals surface area contributed by atoms with Crippen molar-refractivity contribution >= 4 is 33.7 Å². The van der Waals surface area contributed by atoms with Crippen molar-refractivity contribution in [1.82, 2.24) is 9.97 Å². The van der Waals surface area contributed by atoms with Gasteiger partial charge in [0.05, 0.1) is 24.8 Å². The molecule has 0 aliphatic heterocycles. The second kappa shape index (κ2) is 8.54. The molecule has 0 aliphatic rings. The predicted molar refractivity (Wildman–Crippen MR) is 93.5 cm³/mol. The Kier molecular flexibility index (Phi) is 7.34. The summed E-state index contributed by atoms with van der Waals surface area (Å²) < 4.78 is 10.5. The summed E-state index contributed by atoms with van der Waals surface area (Å²) in [6.45, 7) is 6.26. The number of allylic oxidation sites excluding steroid dienone is 1. The Hall–Kier alpha value is -1.28. The Morgan fingerprint density at radius 3 is 2.26 bits per heavy atom. The molecule has 0 bridgehead atoms. The molecule has 1 aromatic rings. The van der Waals surface area contributed by atoms with Gasteiger partial charge in [-0.1, -0.05) is 38.6 Å². The molecule has 0 saturated carbocycles. The molecular weight excluding hydrogens is 384 g/mol. The van der Waals surface area contributed by atoms with Crippen molar-refractivity contribution in [2.24, 2.45) is 5.41 Å². The molecule has 6 nitrogen and oxygen atoms in total. The van der Waals surface area contributed by atoms with Crippen molar-refractivity contribution in [1.29, 1.82) is 0 Å². The smallest absolute Gasteiger partial charge is 0.342 e. The van der Waals surface area contributed by atoms with Crippen LogP contribution in [0.2, 0.25) is 0 Å². The molecule has 0 radical (unpaired) electrons. The number of ether oxygens (including phenoxy) is 2. The summed E-state index contributed by atoms with van der Waals surface area (Å²) in [5, 5.41) is 9.55. The number of nitrogens with zero attached hydrogens (tertiary/aromatic N) is 2. The Balaban J connectivity index is 3.02. The first-order valence-electron chi connectivity index (χ1n) is 6.90. The van der Waals surface area contributed by atoms with E-state index in [1.54, 1.807) is 12.1 Å². The topological polar surface area (TPSA) is 81.5 Å². The van der Waals surface area contributed by atoms with E-state index in [0.29, 0.717) is 23.3 Å². The first-order chi connectivity index (χ1) is 10.7. The van der Waals surface area contributed by atoms with Gasteiger partial charge in [0.2, 0.25) is 11.8 Å². The quantitative estimate of drug-likeness (QED) is 0.420. The highest BCUT2D eigenvalue weighted by atomic mass is 79.9. The third kappa shape index (κ3) is 6.39. The number of thioether (sulfide) groups is 1. The molecule has 23 heavy (non-hydrogen) atoms. The average Bonchev–Trinajstić information content (AvgIpc) is 2.49. The molecule has 1 atom stereocenters. The normalized spacial score (nSPS) is 13.6. The number of rotatable bonds is 7. The van der Waals surface area contributed by atoms with Crippen LogP contribution >= 0.6 is 27.7 Å². The minimum absolute atomic E-state index is 0.0752. The van der Waals surface area contributed by atoms with Crippen LogP contribution in [0.5, 0.6) is 11.8 Å². The lowest BCUT2D eigenvalue weighted by molar-refractivity contribution is -0.131. The Morgan fingerprint density at radius 2 is 1.87 bits per heavy atom. The third-order valence-electron chi connectivity index (χ3n) is 3.01. The molecule has 1 unspecified atom stereocenters. The number of carbonyl (C=O) groups is 1. The minimum Gasteiger partial charge on any atom is -0.481 e. The fourth-order valence-electron chi connectivity index (χ4n) is 1.65. The largest absolute Gasteiger partial charge is 0.481 e. The van der Waals surface area contributed by atoms with E-state index < -0.39 is 5.97 Å². The minimum atomic E-state index is -0.984. The van der Waals surface area contributed by atoms with E-state index in [0.717, 1.165) is 0 Å². The van der Waals surface area contributed by atoms with E-state index in [4.69, 9.17) is 14.6 Å². The second-order valence-electron chi connectivity index (χ2n) is 5.80. The van der Waals surface area contributed by atoms with Crippen molar-refractivity contribution in [2.45, 2.75) is 37.6 Å². The van der Waals surface area contributed by atoms with Gasteiger partial charge in [-0.25, -0.2) is 4.79 Å². The standard InChI is InChI=1S/C15H21BrN2O4S/c1-15(2,3)10(7-6-9(16)13(19)20)23-14-17-11(21-4)8-12(18-14)22-5/h6,8,10H,7H2,1-5H3,(H,19,20). The van der Waals surface area contributed by atoms with E-state index in [1.165, 1.54) is 26.0 Å². The highest BCUT2D eigenvalue weighted by Crippen LogP contribution is 2.37. The molecule has 128 valence electrons. The predicted octanol–water partition coefficient (Wildman–Crippen LogP) is 3.75. The first-order valence-corrected chi connectivity index (χ1v) is 8.57. The third-order valence-corrected chi connectivity index (χ3v) is 5.25. The van der Waals surface area contributed by atoms with Crippen molar-refractivity contribution in [2.75, 3.05) is 14.2 Å². The number of carboxylic acids is 1. The first kappa shape index (κ1) is 19.8. The molecule has 0 aliphatic carbocycles. The van der Waals surface area contributed by atoms with Gasteiger partial charge in [-0.15, -0.1) is 0 Å². The van der Waals surface area contributed by atoms with Crippen LogP contribution < -0.4 is 9.47 Å². The number of aliphatic carboxylic acids is 1. The van der Waals surface area contributed by atoms with Crippen LogP contribution in [-0.4, -0.2) is 40.5 Å². The van der Waals surface area contributed by atoms with Gasteiger partial charge in [-0.2, -0.15) is 9.97 Å². The summed E-state index contributed by atoms with van der Waals surface area (Å²) in [6, 6.07) is 1.61. The molecule has 8 heteroatoms. The lowest BCUT2D eigenvalue weighted by atomic mass is 9.90. The van der Waals surface area contributed by atoms with Crippen molar-refractivity contribution in [3.8, 4) is 11.8 Å². The summed E-state index contributed by atoms with van der Waals surface area (Å²) in [5.41, 5.74) is -0.0768. The molecule has 1 heterocycles. The number of halogens is 1. The summed E-state index contributed by atoms with van der Waals surface area (Å²) in [6.07, 6.45) is 2.21. The van der Waals surface area contributed by atoms with Gasteiger partial charge in [0.25, 0.3) is 0 Å². The SMILES string of the molecule is COc1cc(OC)nc(SC(CC=C(Br)C(=O)O)C(C)(C)C)n1. The summed E-state index contributed by atoms with van der Waals surface area (Å²) >= 11 is 4.52. The van der Waals surface area contributed by atoms with Crippen molar-refractivity contribution in [3.05, 3.63) is 16.6 Å². The van der Waals surface area contributed by atoms with Crippen LogP contribution in [-0.2, 0) is 4.79 Å². The molecule has 1 N–H and O–H groups in total. The molecular formula is C15H21BrN2O4S. The Bertz CT molecular complexity index is 565. The second-order valence-corrected chi connectivity index (χ2v) is 7.82. The van der Waals surface area contributed by atoms with Crippen molar-refractivity contribution < 1.29 is 19.4 Å². The maximum atomic E-state index is 10.9. The van der Waals surface area contributed by atoms with Gasteiger partial charge in [-0.05, 0) is 27.8 Å². The summed E-state index contributed by atoms with van der Waals surface area (Å²) in [4.78, 5) is 19.5. The van der Waals surface area contributed by atoms with E-state index in [-0.39, 0.29) is 15.1 Å². The molecule has 1 rings (SSSR count). The lowest BCUT2D eigenvalue weighted by Gasteiger charge is -2.28. The number of hydrogen-bond donors (Lipinski definition) is 1. The molecule has 0 fully saturated rings. The van der Waals surface area contributed by atoms with E-state index in [1.807, 2.05) is 0 Å². The molecule has 0 amide bonds. The summed E-state index contributed by atoms with van der Waals surface area (Å²) in [5.74, 6) is -0.134. The molecule has 0 saturated heterocycles. The zero-order valence-electron chi connectivity index (χ0n) is 13.8. The van der Waals surface area contributed by atoms with Gasteiger partial charge >= 0.3 is 5.97 Å². The van der Waals surface area contributed by atoms with E-state index in [9.17, 15) is 4.79 Å². The van der Waals surface area contributed by atoms with Gasteiger partial charge in [0, 0.05) is 5.25 Å². The van der Waals surface area contributed by atoms with E-state index in [2.05, 4.69) is 46.7 Å². The van der Waals surface area contributed by atoms with Crippen LogP contribution in [0.25, 0.3) is 0 Å². The highest BCUT2D eigenvalue weighted by Gasteiger charge is 2.26. The number of methoxy groups -OCH3 is 2. The van der Waals surface area contributed by atoms with Crippen LogP contribution in [0.4, 0.5) is 0 Å². The Morgan fingerprint density at radius 1 is 1.35 bits per heavy atom. The molecule has 1 aromatic heterocycles. The zero-order valence-corrected chi connectivity index (χ0v) is 16.2. The Labute approximate surface area is 148 Å². The van der Waals surface area contributed by atoms with Crippen LogP contribution in [0.3, 0.4) is 0 Å². The van der Waals surface area contributed by atoms with Gasteiger partial charge in [0.1, 0.15) is 0 Å². The van der Waals surface area contributed by atoms with Crippen LogP contribution in [0.15, 0.2) is 21.8 Å². The monoisotopic (exact) mass is 404 g/mol.